The minimum atomic E-state index is -4.69. The summed E-state index contributed by atoms with van der Waals surface area (Å²) in [6, 6.07) is 9.01. The predicted molar refractivity (Wildman–Crippen MR) is 102 cm³/mol. The summed E-state index contributed by atoms with van der Waals surface area (Å²) in [7, 11) is 0. The van der Waals surface area contributed by atoms with Crippen LogP contribution in [0.2, 0.25) is 0 Å². The topological polar surface area (TPSA) is 75.1 Å². The summed E-state index contributed by atoms with van der Waals surface area (Å²) >= 11 is 0. The van der Waals surface area contributed by atoms with Crippen molar-refractivity contribution < 1.29 is 23.1 Å². The van der Waals surface area contributed by atoms with E-state index in [1.807, 2.05) is 0 Å². The van der Waals surface area contributed by atoms with Crippen LogP contribution < -0.4 is 5.32 Å². The lowest BCUT2D eigenvalue weighted by Gasteiger charge is -2.21. The molecule has 1 aromatic carbocycles. The third-order valence-electron chi connectivity index (χ3n) is 4.52. The Morgan fingerprint density at radius 2 is 1.90 bits per heavy atom. The third-order valence-corrected chi connectivity index (χ3v) is 4.52. The molecule has 5 nitrogen and oxygen atoms in total. The number of aliphatic hydroxyl groups is 1. The highest BCUT2D eigenvalue weighted by Crippen LogP contribution is 2.38. The first-order valence-corrected chi connectivity index (χ1v) is 8.90. The number of carbonyl (C=O) groups is 1. The fraction of sp³-hybridized carbons (Fsp3) is 0.286. The largest absolute Gasteiger partial charge is 0.418 e. The molecular formula is C21H20F3N3O2. The summed E-state index contributed by atoms with van der Waals surface area (Å²) in [6.45, 7) is 4.56. The van der Waals surface area contributed by atoms with Gasteiger partial charge >= 0.3 is 6.18 Å². The SMILES string of the molecule is Cc1cc(C(=O)NCc2ccccn2)nc2c(C(F)(F)F)cc(C(C)(C)O)cc12. The molecule has 1 amide bonds. The fourth-order valence-electron chi connectivity index (χ4n) is 2.94. The van der Waals surface area contributed by atoms with Crippen molar-refractivity contribution in [1.82, 2.24) is 15.3 Å². The monoisotopic (exact) mass is 403 g/mol. The number of aromatic nitrogens is 2. The molecule has 2 N–H and O–H groups in total. The number of amides is 1. The first-order valence-electron chi connectivity index (χ1n) is 8.90. The third kappa shape index (κ3) is 4.54. The molecule has 0 fully saturated rings. The van der Waals surface area contributed by atoms with Gasteiger partial charge in [0.25, 0.3) is 5.91 Å². The van der Waals surface area contributed by atoms with Crippen molar-refractivity contribution in [2.45, 2.75) is 39.1 Å². The van der Waals surface area contributed by atoms with Gasteiger partial charge in [0.15, 0.2) is 0 Å². The molecule has 0 saturated heterocycles. The highest BCUT2D eigenvalue weighted by Gasteiger charge is 2.35. The highest BCUT2D eigenvalue weighted by atomic mass is 19.4. The maximum absolute atomic E-state index is 13.7. The van der Waals surface area contributed by atoms with Crippen LogP contribution >= 0.6 is 0 Å². The lowest BCUT2D eigenvalue weighted by molar-refractivity contribution is -0.136. The summed E-state index contributed by atoms with van der Waals surface area (Å²) in [5.74, 6) is -0.597. The average molecular weight is 403 g/mol. The van der Waals surface area contributed by atoms with Gasteiger partial charge in [-0.15, -0.1) is 0 Å². The van der Waals surface area contributed by atoms with Crippen molar-refractivity contribution in [2.24, 2.45) is 0 Å². The van der Waals surface area contributed by atoms with Gasteiger partial charge in [-0.3, -0.25) is 9.78 Å². The summed E-state index contributed by atoms with van der Waals surface area (Å²) in [5, 5.41) is 13.0. The Hall–Kier alpha value is -3.00. The molecule has 0 bridgehead atoms. The van der Waals surface area contributed by atoms with Crippen molar-refractivity contribution in [2.75, 3.05) is 0 Å². The van der Waals surface area contributed by atoms with E-state index in [-0.39, 0.29) is 28.7 Å². The quantitative estimate of drug-likeness (QED) is 0.687. The van der Waals surface area contributed by atoms with E-state index in [1.54, 1.807) is 31.3 Å². The minimum absolute atomic E-state index is 0.118. The molecule has 2 heterocycles. The zero-order valence-electron chi connectivity index (χ0n) is 16.1. The van der Waals surface area contributed by atoms with Crippen LogP contribution in [0.25, 0.3) is 10.9 Å². The summed E-state index contributed by atoms with van der Waals surface area (Å²) < 4.78 is 41.1. The number of pyridine rings is 2. The molecule has 0 radical (unpaired) electrons. The fourth-order valence-corrected chi connectivity index (χ4v) is 2.94. The number of carbonyl (C=O) groups excluding carboxylic acids is 1. The molecule has 0 unspecified atom stereocenters. The van der Waals surface area contributed by atoms with Gasteiger partial charge < -0.3 is 10.4 Å². The number of rotatable bonds is 4. The normalized spacial score (nSPS) is 12.2. The van der Waals surface area contributed by atoms with E-state index in [9.17, 15) is 23.1 Å². The van der Waals surface area contributed by atoms with Crippen LogP contribution in [0.4, 0.5) is 13.2 Å². The Bertz CT molecular complexity index is 1060. The predicted octanol–water partition coefficient (Wildman–Crippen LogP) is 4.11. The van der Waals surface area contributed by atoms with Crippen LogP contribution in [0, 0.1) is 6.92 Å². The van der Waals surface area contributed by atoms with Crippen molar-refractivity contribution in [3.8, 4) is 0 Å². The van der Waals surface area contributed by atoms with E-state index >= 15 is 0 Å². The molecule has 0 aliphatic carbocycles. The lowest BCUT2D eigenvalue weighted by atomic mass is 9.92. The van der Waals surface area contributed by atoms with Gasteiger partial charge in [0.2, 0.25) is 0 Å². The average Bonchev–Trinajstić information content (AvgIpc) is 2.64. The van der Waals surface area contributed by atoms with E-state index in [0.29, 0.717) is 11.3 Å². The number of nitrogens with one attached hydrogen (secondary N) is 1. The van der Waals surface area contributed by atoms with E-state index < -0.39 is 23.2 Å². The second kappa shape index (κ2) is 7.44. The van der Waals surface area contributed by atoms with Gasteiger partial charge in [-0.25, -0.2) is 4.98 Å². The van der Waals surface area contributed by atoms with E-state index in [4.69, 9.17) is 0 Å². The molecule has 8 heteroatoms. The van der Waals surface area contributed by atoms with Crippen LogP contribution in [-0.2, 0) is 18.3 Å². The molecule has 0 atom stereocenters. The number of alkyl halides is 3. The van der Waals surface area contributed by atoms with Crippen LogP contribution in [-0.4, -0.2) is 21.0 Å². The molecule has 152 valence electrons. The maximum Gasteiger partial charge on any atom is 0.418 e. The Balaban J connectivity index is 2.06. The minimum Gasteiger partial charge on any atom is -0.386 e. The summed E-state index contributed by atoms with van der Waals surface area (Å²) in [4.78, 5) is 20.6. The van der Waals surface area contributed by atoms with Crippen LogP contribution in [0.15, 0.2) is 42.6 Å². The zero-order chi connectivity index (χ0) is 21.4. The van der Waals surface area contributed by atoms with Crippen LogP contribution in [0.1, 0.15) is 46.7 Å². The summed E-state index contributed by atoms with van der Waals surface area (Å²) in [6.07, 6.45) is -3.11. The first-order chi connectivity index (χ1) is 13.5. The van der Waals surface area contributed by atoms with E-state index in [2.05, 4.69) is 15.3 Å². The van der Waals surface area contributed by atoms with Gasteiger partial charge in [-0.1, -0.05) is 6.07 Å². The van der Waals surface area contributed by atoms with Crippen molar-refractivity contribution >= 4 is 16.8 Å². The molecule has 29 heavy (non-hydrogen) atoms. The molecule has 0 spiro atoms. The summed E-state index contributed by atoms with van der Waals surface area (Å²) in [5.41, 5.74) is -1.71. The Morgan fingerprint density at radius 3 is 2.48 bits per heavy atom. The number of halogens is 3. The number of aryl methyl sites for hydroxylation is 1. The second-order valence-electron chi connectivity index (χ2n) is 7.30. The second-order valence-corrected chi connectivity index (χ2v) is 7.30. The maximum atomic E-state index is 13.7. The van der Waals surface area contributed by atoms with Gasteiger partial charge in [-0.2, -0.15) is 13.2 Å². The van der Waals surface area contributed by atoms with Gasteiger partial charge in [0.1, 0.15) is 5.69 Å². The highest BCUT2D eigenvalue weighted by molar-refractivity contribution is 5.96. The molecule has 0 saturated carbocycles. The number of hydrogen-bond acceptors (Lipinski definition) is 4. The molecule has 3 aromatic rings. The molecule has 0 aliphatic heterocycles. The molecule has 0 aliphatic rings. The Labute approximate surface area is 165 Å². The first kappa shape index (κ1) is 20.7. The van der Waals surface area contributed by atoms with Crippen LogP contribution in [0.5, 0.6) is 0 Å². The smallest absolute Gasteiger partial charge is 0.386 e. The van der Waals surface area contributed by atoms with E-state index in [0.717, 1.165) is 6.07 Å². The Morgan fingerprint density at radius 1 is 1.17 bits per heavy atom. The van der Waals surface area contributed by atoms with Crippen LogP contribution in [0.3, 0.4) is 0 Å². The van der Waals surface area contributed by atoms with Crippen molar-refractivity contribution in [3.63, 3.8) is 0 Å². The van der Waals surface area contributed by atoms with Gasteiger partial charge in [0.05, 0.1) is 28.9 Å². The van der Waals surface area contributed by atoms with E-state index in [1.165, 1.54) is 26.0 Å². The number of fused-ring (bicyclic) bond motifs is 1. The van der Waals surface area contributed by atoms with Crippen molar-refractivity contribution in [3.05, 3.63) is 70.7 Å². The molecule has 2 aromatic heterocycles. The van der Waals surface area contributed by atoms with Gasteiger partial charge in [0, 0.05) is 11.6 Å². The number of benzene rings is 1. The van der Waals surface area contributed by atoms with Crippen molar-refractivity contribution in [1.29, 1.82) is 0 Å². The number of nitrogens with zero attached hydrogens (tertiary/aromatic N) is 2. The molecule has 3 rings (SSSR count). The lowest BCUT2D eigenvalue weighted by Crippen LogP contribution is -2.25. The number of hydrogen-bond donors (Lipinski definition) is 2. The van der Waals surface area contributed by atoms with Gasteiger partial charge in [-0.05, 0) is 62.2 Å². The Kier molecular flexibility index (Phi) is 5.32. The molecular weight excluding hydrogens is 383 g/mol. The zero-order valence-corrected chi connectivity index (χ0v) is 16.1. The standard InChI is InChI=1S/C21H20F3N3O2/c1-12-8-17(19(28)26-11-14-6-4-5-7-25-14)27-18-15(12)9-13(20(2,3)29)10-16(18)21(22,23)24/h4-10,29H,11H2,1-3H3,(H,26,28).